The normalized spacial score (nSPS) is 16.0. The third-order valence-electron chi connectivity index (χ3n) is 4.72. The molecule has 166 valence electrons. The molecule has 3 aromatic rings. The molecule has 2 heterocycles. The van der Waals surface area contributed by atoms with Crippen LogP contribution in [0.2, 0.25) is 0 Å². The lowest BCUT2D eigenvalue weighted by Gasteiger charge is -2.11. The Labute approximate surface area is 179 Å². The van der Waals surface area contributed by atoms with E-state index in [0.717, 1.165) is 12.1 Å². The molecule has 7 nitrogen and oxygen atoms in total. The molecular weight excluding hydrogens is 432 g/mol. The van der Waals surface area contributed by atoms with Gasteiger partial charge in [0.25, 0.3) is 0 Å². The minimum absolute atomic E-state index is 0.0418. The van der Waals surface area contributed by atoms with Gasteiger partial charge in [0.2, 0.25) is 11.8 Å². The smallest absolute Gasteiger partial charge is 0.406 e. The highest BCUT2D eigenvalue weighted by molar-refractivity contribution is 5.97. The maximum atomic E-state index is 13.8. The molecule has 2 N–H and O–H groups in total. The van der Waals surface area contributed by atoms with Crippen molar-refractivity contribution in [3.63, 3.8) is 0 Å². The van der Waals surface area contributed by atoms with Crippen molar-refractivity contribution < 1.29 is 31.9 Å². The standard InChI is InChI=1S/C21H16F4N4O3/c22-14-4-2-5-15(9-14)29-17(12-3-1-6-16(7-12)32-21(23,24)25)10-18(28-29)27-20(31)13-8-19(30)26-11-13/h1-7,9-10,13H,8,11H2,(H,26,30)(H,27,28,31)/t13-/m0/s1. The molecule has 0 radical (unpaired) electrons. The average molecular weight is 448 g/mol. The maximum Gasteiger partial charge on any atom is 0.573 e. The fourth-order valence-electron chi connectivity index (χ4n) is 3.32. The molecule has 0 aliphatic carbocycles. The van der Waals surface area contributed by atoms with E-state index in [2.05, 4.69) is 20.5 Å². The highest BCUT2D eigenvalue weighted by Gasteiger charge is 2.31. The van der Waals surface area contributed by atoms with Gasteiger partial charge in [-0.2, -0.15) is 0 Å². The number of rotatable bonds is 5. The zero-order valence-electron chi connectivity index (χ0n) is 16.3. The zero-order chi connectivity index (χ0) is 22.9. The number of hydrogen-bond acceptors (Lipinski definition) is 4. The Balaban J connectivity index is 1.71. The molecule has 1 fully saturated rings. The van der Waals surface area contributed by atoms with Crippen molar-refractivity contribution in [2.75, 3.05) is 11.9 Å². The highest BCUT2D eigenvalue weighted by Crippen LogP contribution is 2.31. The number of benzene rings is 2. The average Bonchev–Trinajstić information content (AvgIpc) is 3.33. The number of nitrogens with one attached hydrogen (secondary N) is 2. The van der Waals surface area contributed by atoms with Crippen molar-refractivity contribution >= 4 is 17.6 Å². The summed E-state index contributed by atoms with van der Waals surface area (Å²) in [5, 5.41) is 9.45. The zero-order valence-corrected chi connectivity index (χ0v) is 16.3. The van der Waals surface area contributed by atoms with Crippen LogP contribution in [-0.4, -0.2) is 34.5 Å². The predicted molar refractivity (Wildman–Crippen MR) is 105 cm³/mol. The molecule has 2 aromatic carbocycles. The molecule has 0 saturated carbocycles. The van der Waals surface area contributed by atoms with Gasteiger partial charge in [0.15, 0.2) is 5.82 Å². The van der Waals surface area contributed by atoms with Gasteiger partial charge >= 0.3 is 6.36 Å². The van der Waals surface area contributed by atoms with E-state index < -0.39 is 29.8 Å². The fraction of sp³-hybridized carbons (Fsp3) is 0.190. The van der Waals surface area contributed by atoms with Crippen LogP contribution < -0.4 is 15.4 Å². The summed E-state index contributed by atoms with van der Waals surface area (Å²) in [5.74, 6) is -2.14. The number of ether oxygens (including phenoxy) is 1. The number of carbonyl (C=O) groups is 2. The molecule has 11 heteroatoms. The van der Waals surface area contributed by atoms with E-state index in [4.69, 9.17) is 0 Å². The minimum Gasteiger partial charge on any atom is -0.406 e. The molecule has 1 atom stereocenters. The van der Waals surface area contributed by atoms with Crippen LogP contribution in [0.4, 0.5) is 23.4 Å². The van der Waals surface area contributed by atoms with E-state index in [-0.39, 0.29) is 24.7 Å². The summed E-state index contributed by atoms with van der Waals surface area (Å²) in [7, 11) is 0. The first-order valence-corrected chi connectivity index (χ1v) is 9.48. The number of alkyl halides is 3. The molecule has 0 spiro atoms. The Morgan fingerprint density at radius 2 is 1.94 bits per heavy atom. The first-order valence-electron chi connectivity index (χ1n) is 9.48. The number of nitrogens with zero attached hydrogens (tertiary/aromatic N) is 2. The summed E-state index contributed by atoms with van der Waals surface area (Å²) >= 11 is 0. The quantitative estimate of drug-likeness (QED) is 0.584. The van der Waals surface area contributed by atoms with Gasteiger partial charge in [-0.1, -0.05) is 18.2 Å². The largest absolute Gasteiger partial charge is 0.573 e. The second-order valence-electron chi connectivity index (χ2n) is 7.08. The summed E-state index contributed by atoms with van der Waals surface area (Å²) in [6, 6.07) is 12.1. The number of amides is 2. The van der Waals surface area contributed by atoms with Crippen LogP contribution in [-0.2, 0) is 9.59 Å². The van der Waals surface area contributed by atoms with Crippen LogP contribution in [0, 0.1) is 11.7 Å². The number of aromatic nitrogens is 2. The van der Waals surface area contributed by atoms with Crippen LogP contribution in [0.5, 0.6) is 5.75 Å². The SMILES string of the molecule is O=C1C[C@H](C(=O)Nc2cc(-c3cccc(OC(F)(F)F)c3)n(-c3cccc(F)c3)n2)CN1. The van der Waals surface area contributed by atoms with Crippen molar-refractivity contribution in [3.05, 3.63) is 60.4 Å². The Morgan fingerprint density at radius 3 is 2.62 bits per heavy atom. The Morgan fingerprint density at radius 1 is 1.16 bits per heavy atom. The molecule has 32 heavy (non-hydrogen) atoms. The molecule has 1 aliphatic rings. The number of carbonyl (C=O) groups excluding carboxylic acids is 2. The monoisotopic (exact) mass is 448 g/mol. The lowest BCUT2D eigenvalue weighted by molar-refractivity contribution is -0.274. The summed E-state index contributed by atoms with van der Waals surface area (Å²) in [6.45, 7) is 0.193. The Kier molecular flexibility index (Phi) is 5.56. The minimum atomic E-state index is -4.87. The lowest BCUT2D eigenvalue weighted by atomic mass is 10.1. The van der Waals surface area contributed by atoms with E-state index in [1.54, 1.807) is 6.07 Å². The number of hydrogen-bond donors (Lipinski definition) is 2. The van der Waals surface area contributed by atoms with Crippen LogP contribution in [0.15, 0.2) is 54.6 Å². The van der Waals surface area contributed by atoms with Gasteiger partial charge in [0, 0.05) is 24.6 Å². The molecule has 1 aliphatic heterocycles. The maximum absolute atomic E-state index is 13.8. The van der Waals surface area contributed by atoms with Crippen molar-refractivity contribution in [2.24, 2.45) is 5.92 Å². The molecule has 2 amide bonds. The van der Waals surface area contributed by atoms with E-state index in [9.17, 15) is 27.2 Å². The van der Waals surface area contributed by atoms with Crippen LogP contribution in [0.25, 0.3) is 16.9 Å². The highest BCUT2D eigenvalue weighted by atomic mass is 19.4. The third kappa shape index (κ3) is 4.88. The van der Waals surface area contributed by atoms with Crippen LogP contribution in [0.1, 0.15) is 6.42 Å². The first-order chi connectivity index (χ1) is 15.2. The molecule has 0 unspecified atom stereocenters. The molecule has 1 aromatic heterocycles. The molecule has 4 rings (SSSR count). The topological polar surface area (TPSA) is 85.2 Å². The summed E-state index contributed by atoms with van der Waals surface area (Å²) < 4.78 is 57.0. The Bertz CT molecular complexity index is 1180. The summed E-state index contributed by atoms with van der Waals surface area (Å²) in [4.78, 5) is 23.8. The predicted octanol–water partition coefficient (Wildman–Crippen LogP) is 3.65. The van der Waals surface area contributed by atoms with Gasteiger partial charge in [0.1, 0.15) is 11.6 Å². The van der Waals surface area contributed by atoms with Gasteiger partial charge in [-0.15, -0.1) is 18.3 Å². The van der Waals surface area contributed by atoms with E-state index in [1.807, 2.05) is 0 Å². The van der Waals surface area contributed by atoms with E-state index in [1.165, 1.54) is 41.1 Å². The Hall–Kier alpha value is -3.89. The van der Waals surface area contributed by atoms with Crippen molar-refractivity contribution in [3.8, 4) is 22.7 Å². The summed E-state index contributed by atoms with van der Waals surface area (Å²) in [6.07, 6.45) is -4.83. The second kappa shape index (κ2) is 8.33. The number of anilines is 1. The fourth-order valence-corrected chi connectivity index (χ4v) is 3.32. The van der Waals surface area contributed by atoms with E-state index >= 15 is 0 Å². The van der Waals surface area contributed by atoms with Crippen molar-refractivity contribution in [1.82, 2.24) is 15.1 Å². The van der Waals surface area contributed by atoms with Crippen LogP contribution in [0.3, 0.4) is 0 Å². The summed E-state index contributed by atoms with van der Waals surface area (Å²) in [5.41, 5.74) is 0.876. The lowest BCUT2D eigenvalue weighted by Crippen LogP contribution is -2.24. The van der Waals surface area contributed by atoms with E-state index in [0.29, 0.717) is 16.9 Å². The van der Waals surface area contributed by atoms with Gasteiger partial charge < -0.3 is 15.4 Å². The van der Waals surface area contributed by atoms with Crippen molar-refractivity contribution in [2.45, 2.75) is 12.8 Å². The molecule has 0 bridgehead atoms. The van der Waals surface area contributed by atoms with Gasteiger partial charge in [-0.3, -0.25) is 9.59 Å². The van der Waals surface area contributed by atoms with Gasteiger partial charge in [0.05, 0.1) is 17.3 Å². The second-order valence-corrected chi connectivity index (χ2v) is 7.08. The molecule has 1 saturated heterocycles. The van der Waals surface area contributed by atoms with Gasteiger partial charge in [-0.25, -0.2) is 9.07 Å². The third-order valence-corrected chi connectivity index (χ3v) is 4.72. The van der Waals surface area contributed by atoms with Crippen LogP contribution >= 0.6 is 0 Å². The first kappa shape index (κ1) is 21.3. The van der Waals surface area contributed by atoms with Crippen molar-refractivity contribution in [1.29, 1.82) is 0 Å². The number of halogens is 4. The van der Waals surface area contributed by atoms with Gasteiger partial charge in [-0.05, 0) is 30.3 Å². The molecular formula is C21H16F4N4O3.